The maximum Gasteiger partial charge on any atom is 0.265 e. The molecule has 0 aliphatic carbocycles. The molecule has 2 aromatic carbocycles. The van der Waals surface area contributed by atoms with Gasteiger partial charge >= 0.3 is 0 Å². The van der Waals surface area contributed by atoms with E-state index in [-0.39, 0.29) is 11.8 Å². The number of carbonyl (C=O) groups excluding carboxylic acids is 2. The first kappa shape index (κ1) is 21.7. The summed E-state index contributed by atoms with van der Waals surface area (Å²) in [4.78, 5) is 27.9. The van der Waals surface area contributed by atoms with Gasteiger partial charge in [-0.25, -0.2) is 0 Å². The maximum absolute atomic E-state index is 13.1. The van der Waals surface area contributed by atoms with Crippen LogP contribution in [0.1, 0.15) is 49.4 Å². The lowest BCUT2D eigenvalue weighted by atomic mass is 10.1. The number of likely N-dealkylation sites (tertiary alicyclic amines) is 1. The van der Waals surface area contributed by atoms with E-state index in [9.17, 15) is 9.59 Å². The Labute approximate surface area is 178 Å². The molecule has 1 saturated heterocycles. The zero-order chi connectivity index (χ0) is 21.3. The molecule has 0 aromatic heterocycles. The number of hydrogen-bond acceptors (Lipinski definition) is 4. The van der Waals surface area contributed by atoms with Gasteiger partial charge < -0.3 is 19.7 Å². The Morgan fingerprint density at radius 2 is 1.70 bits per heavy atom. The molecule has 2 aromatic rings. The SMILES string of the molecule is CCC(Oc1cccc(OC)c1)C(=O)Nc1ccccc1C(=O)N1CCCCCC1. The molecule has 160 valence electrons. The Hall–Kier alpha value is -3.02. The Morgan fingerprint density at radius 1 is 1.00 bits per heavy atom. The Balaban J connectivity index is 1.72. The molecule has 1 aliphatic rings. The third-order valence-electron chi connectivity index (χ3n) is 5.29. The van der Waals surface area contributed by atoms with E-state index in [1.165, 1.54) is 0 Å². The lowest BCUT2D eigenvalue weighted by Gasteiger charge is -2.23. The highest BCUT2D eigenvalue weighted by Gasteiger charge is 2.23. The van der Waals surface area contributed by atoms with Gasteiger partial charge in [-0.3, -0.25) is 9.59 Å². The number of methoxy groups -OCH3 is 1. The molecule has 30 heavy (non-hydrogen) atoms. The van der Waals surface area contributed by atoms with Crippen LogP contribution in [-0.4, -0.2) is 43.0 Å². The van der Waals surface area contributed by atoms with Gasteiger partial charge in [0.05, 0.1) is 18.4 Å². The minimum absolute atomic E-state index is 0.0328. The Morgan fingerprint density at radius 3 is 2.40 bits per heavy atom. The van der Waals surface area contributed by atoms with Gasteiger partial charge in [0, 0.05) is 19.2 Å². The number of nitrogens with one attached hydrogen (secondary N) is 1. The summed E-state index contributed by atoms with van der Waals surface area (Å²) in [5.41, 5.74) is 1.04. The summed E-state index contributed by atoms with van der Waals surface area (Å²) in [6, 6.07) is 14.3. The smallest absolute Gasteiger partial charge is 0.265 e. The summed E-state index contributed by atoms with van der Waals surface area (Å²) in [6.07, 6.45) is 4.16. The maximum atomic E-state index is 13.1. The van der Waals surface area contributed by atoms with Crippen LogP contribution in [-0.2, 0) is 4.79 Å². The second-order valence-electron chi connectivity index (χ2n) is 7.43. The first-order valence-electron chi connectivity index (χ1n) is 10.6. The van der Waals surface area contributed by atoms with Crippen LogP contribution in [0.4, 0.5) is 5.69 Å². The molecule has 3 rings (SSSR count). The number of carbonyl (C=O) groups is 2. The molecule has 0 spiro atoms. The molecule has 1 atom stereocenters. The van der Waals surface area contributed by atoms with Crippen LogP contribution in [0, 0.1) is 0 Å². The monoisotopic (exact) mass is 410 g/mol. The van der Waals surface area contributed by atoms with Gasteiger partial charge in [-0.05, 0) is 43.5 Å². The topological polar surface area (TPSA) is 67.9 Å². The number of anilines is 1. The van der Waals surface area contributed by atoms with Crippen molar-refractivity contribution in [2.45, 2.75) is 45.1 Å². The number of ether oxygens (including phenoxy) is 2. The van der Waals surface area contributed by atoms with Crippen molar-refractivity contribution in [1.29, 1.82) is 0 Å². The van der Waals surface area contributed by atoms with Crippen LogP contribution in [0.25, 0.3) is 0 Å². The van der Waals surface area contributed by atoms with Crippen molar-refractivity contribution in [2.24, 2.45) is 0 Å². The van der Waals surface area contributed by atoms with E-state index < -0.39 is 6.10 Å². The van der Waals surface area contributed by atoms with Crippen molar-refractivity contribution >= 4 is 17.5 Å². The fourth-order valence-corrected chi connectivity index (χ4v) is 3.60. The summed E-state index contributed by atoms with van der Waals surface area (Å²) in [5.74, 6) is 0.910. The molecule has 0 radical (unpaired) electrons. The fraction of sp³-hybridized carbons (Fsp3) is 0.417. The molecule has 1 N–H and O–H groups in total. The summed E-state index contributed by atoms with van der Waals surface area (Å²) in [6.45, 7) is 3.41. The lowest BCUT2D eigenvalue weighted by molar-refractivity contribution is -0.122. The average molecular weight is 411 g/mol. The predicted octanol–water partition coefficient (Wildman–Crippen LogP) is 4.51. The van der Waals surface area contributed by atoms with Crippen molar-refractivity contribution in [3.8, 4) is 11.5 Å². The lowest BCUT2D eigenvalue weighted by Crippen LogP contribution is -2.35. The van der Waals surface area contributed by atoms with E-state index in [0.29, 0.717) is 29.2 Å². The van der Waals surface area contributed by atoms with Crippen LogP contribution >= 0.6 is 0 Å². The number of amides is 2. The molecular weight excluding hydrogens is 380 g/mol. The van der Waals surface area contributed by atoms with Gasteiger partial charge in [0.25, 0.3) is 11.8 Å². The second-order valence-corrected chi connectivity index (χ2v) is 7.43. The van der Waals surface area contributed by atoms with Crippen molar-refractivity contribution in [2.75, 3.05) is 25.5 Å². The van der Waals surface area contributed by atoms with Crippen LogP contribution in [0.15, 0.2) is 48.5 Å². The quantitative estimate of drug-likeness (QED) is 0.729. The number of hydrogen-bond donors (Lipinski definition) is 1. The highest BCUT2D eigenvalue weighted by Crippen LogP contribution is 2.23. The molecular formula is C24H30N2O4. The van der Waals surface area contributed by atoms with Crippen molar-refractivity contribution in [1.82, 2.24) is 4.90 Å². The van der Waals surface area contributed by atoms with Gasteiger partial charge in [-0.1, -0.05) is 38.0 Å². The van der Waals surface area contributed by atoms with Crippen LogP contribution in [0.5, 0.6) is 11.5 Å². The second kappa shape index (κ2) is 10.7. The normalized spacial score (nSPS) is 15.1. The largest absolute Gasteiger partial charge is 0.497 e. The molecule has 6 nitrogen and oxygen atoms in total. The van der Waals surface area contributed by atoms with E-state index in [0.717, 1.165) is 38.8 Å². The summed E-state index contributed by atoms with van der Waals surface area (Å²) in [7, 11) is 1.58. The molecule has 1 unspecified atom stereocenters. The van der Waals surface area contributed by atoms with E-state index in [4.69, 9.17) is 9.47 Å². The van der Waals surface area contributed by atoms with Gasteiger partial charge in [-0.15, -0.1) is 0 Å². The molecule has 1 fully saturated rings. The minimum Gasteiger partial charge on any atom is -0.497 e. The Bertz CT molecular complexity index is 860. The van der Waals surface area contributed by atoms with E-state index in [1.54, 1.807) is 31.4 Å². The summed E-state index contributed by atoms with van der Waals surface area (Å²) in [5, 5.41) is 2.90. The molecule has 0 bridgehead atoms. The third-order valence-corrected chi connectivity index (χ3v) is 5.29. The predicted molar refractivity (Wildman–Crippen MR) is 117 cm³/mol. The fourth-order valence-electron chi connectivity index (χ4n) is 3.60. The highest BCUT2D eigenvalue weighted by atomic mass is 16.5. The van der Waals surface area contributed by atoms with Gasteiger partial charge in [0.15, 0.2) is 6.10 Å². The molecule has 1 heterocycles. The zero-order valence-electron chi connectivity index (χ0n) is 17.7. The number of para-hydroxylation sites is 1. The summed E-state index contributed by atoms with van der Waals surface area (Å²) < 4.78 is 11.1. The number of benzene rings is 2. The van der Waals surface area contributed by atoms with Gasteiger partial charge in [0.2, 0.25) is 0 Å². The third kappa shape index (κ3) is 5.53. The number of nitrogens with zero attached hydrogens (tertiary/aromatic N) is 1. The van der Waals surface area contributed by atoms with Crippen LogP contribution in [0.2, 0.25) is 0 Å². The van der Waals surface area contributed by atoms with Crippen LogP contribution < -0.4 is 14.8 Å². The molecule has 0 saturated carbocycles. The zero-order valence-corrected chi connectivity index (χ0v) is 17.7. The van der Waals surface area contributed by atoms with E-state index >= 15 is 0 Å². The molecule has 6 heteroatoms. The van der Waals surface area contributed by atoms with Crippen molar-refractivity contribution < 1.29 is 19.1 Å². The first-order chi connectivity index (χ1) is 14.6. The number of rotatable bonds is 7. The molecule has 1 aliphatic heterocycles. The van der Waals surface area contributed by atoms with Gasteiger partial charge in [-0.2, -0.15) is 0 Å². The van der Waals surface area contributed by atoms with Crippen molar-refractivity contribution in [3.05, 3.63) is 54.1 Å². The van der Waals surface area contributed by atoms with E-state index in [2.05, 4.69) is 5.32 Å². The standard InChI is InChI=1S/C24H30N2O4/c1-3-22(30-19-12-10-11-18(17-19)29-2)23(27)25-21-14-7-6-13-20(21)24(28)26-15-8-4-5-9-16-26/h6-7,10-14,17,22H,3-5,8-9,15-16H2,1-2H3,(H,25,27). The average Bonchev–Trinajstić information content (AvgIpc) is 3.07. The van der Waals surface area contributed by atoms with Crippen molar-refractivity contribution in [3.63, 3.8) is 0 Å². The van der Waals surface area contributed by atoms with Gasteiger partial charge in [0.1, 0.15) is 11.5 Å². The van der Waals surface area contributed by atoms with E-state index in [1.807, 2.05) is 36.1 Å². The minimum atomic E-state index is -0.682. The summed E-state index contributed by atoms with van der Waals surface area (Å²) >= 11 is 0. The Kier molecular flexibility index (Phi) is 7.71. The van der Waals surface area contributed by atoms with Crippen LogP contribution in [0.3, 0.4) is 0 Å². The highest BCUT2D eigenvalue weighted by molar-refractivity contribution is 6.04. The first-order valence-corrected chi connectivity index (χ1v) is 10.6. The molecule has 2 amide bonds.